The Balaban J connectivity index is 0.000000204. The SMILES string of the molecule is Nc1ccc(Br)cc1O.O=[N+]([O-])c1ccc(Br)cc1O. The van der Waals surface area contributed by atoms with Gasteiger partial charge in [0.1, 0.15) is 5.75 Å². The molecule has 2 aromatic rings. The molecular formula is C12H10Br2N2O4. The highest BCUT2D eigenvalue weighted by Crippen LogP contribution is 2.28. The van der Waals surface area contributed by atoms with E-state index in [1.807, 2.05) is 0 Å². The predicted octanol–water partition coefficient (Wildman–Crippen LogP) is 3.80. The van der Waals surface area contributed by atoms with E-state index < -0.39 is 4.92 Å². The molecule has 2 aromatic carbocycles. The Hall–Kier alpha value is -1.80. The highest BCUT2D eigenvalue weighted by atomic mass is 79.9. The minimum atomic E-state index is -0.637. The fraction of sp³-hybridized carbons (Fsp3) is 0. The molecule has 20 heavy (non-hydrogen) atoms. The number of anilines is 1. The van der Waals surface area contributed by atoms with Crippen LogP contribution in [0.4, 0.5) is 11.4 Å². The second-order valence-corrected chi connectivity index (χ2v) is 5.42. The summed E-state index contributed by atoms with van der Waals surface area (Å²) in [7, 11) is 0. The maximum Gasteiger partial charge on any atom is 0.310 e. The largest absolute Gasteiger partial charge is 0.506 e. The van der Waals surface area contributed by atoms with E-state index in [1.165, 1.54) is 18.2 Å². The van der Waals surface area contributed by atoms with Crippen LogP contribution in [-0.2, 0) is 0 Å². The molecule has 0 bridgehead atoms. The monoisotopic (exact) mass is 404 g/mol. The molecule has 4 N–H and O–H groups in total. The lowest BCUT2D eigenvalue weighted by Gasteiger charge is -1.96. The number of halogens is 2. The lowest BCUT2D eigenvalue weighted by molar-refractivity contribution is -0.385. The summed E-state index contributed by atoms with van der Waals surface area (Å²) in [6.45, 7) is 0. The number of nitrogens with two attached hydrogens (primary N) is 1. The lowest BCUT2D eigenvalue weighted by Crippen LogP contribution is -1.87. The van der Waals surface area contributed by atoms with E-state index in [2.05, 4.69) is 31.9 Å². The van der Waals surface area contributed by atoms with Crippen LogP contribution < -0.4 is 5.73 Å². The molecule has 0 radical (unpaired) electrons. The van der Waals surface area contributed by atoms with Gasteiger partial charge in [-0.1, -0.05) is 31.9 Å². The van der Waals surface area contributed by atoms with Crippen molar-refractivity contribution in [3.8, 4) is 11.5 Å². The van der Waals surface area contributed by atoms with Gasteiger partial charge in [-0.05, 0) is 24.3 Å². The number of nitro benzene ring substituents is 1. The van der Waals surface area contributed by atoms with E-state index in [1.54, 1.807) is 18.2 Å². The Kier molecular flexibility index (Phi) is 5.78. The van der Waals surface area contributed by atoms with Crippen LogP contribution in [0.3, 0.4) is 0 Å². The zero-order valence-corrected chi connectivity index (χ0v) is 13.1. The van der Waals surface area contributed by atoms with Crippen LogP contribution in [0.1, 0.15) is 0 Å². The summed E-state index contributed by atoms with van der Waals surface area (Å²) in [5.74, 6) is -0.214. The normalized spacial score (nSPS) is 9.50. The second kappa shape index (κ2) is 7.11. The number of phenols is 2. The van der Waals surface area contributed by atoms with Crippen LogP contribution in [0, 0.1) is 10.1 Å². The summed E-state index contributed by atoms with van der Waals surface area (Å²) in [6.07, 6.45) is 0. The van der Waals surface area contributed by atoms with Crippen LogP contribution in [0.5, 0.6) is 11.5 Å². The number of nitro groups is 1. The highest BCUT2D eigenvalue weighted by Gasteiger charge is 2.11. The molecule has 0 spiro atoms. The van der Waals surface area contributed by atoms with Crippen LogP contribution in [0.15, 0.2) is 45.3 Å². The van der Waals surface area contributed by atoms with E-state index in [0.717, 1.165) is 4.47 Å². The van der Waals surface area contributed by atoms with Gasteiger partial charge in [-0.25, -0.2) is 0 Å². The molecule has 0 saturated carbocycles. The number of phenolic OH excluding ortho intramolecular Hbond substituents is 2. The quantitative estimate of drug-likeness (QED) is 0.289. The molecular weight excluding hydrogens is 396 g/mol. The first-order valence-electron chi connectivity index (χ1n) is 5.18. The van der Waals surface area contributed by atoms with Gasteiger partial charge in [0, 0.05) is 21.1 Å². The number of rotatable bonds is 1. The maximum atomic E-state index is 10.2. The smallest absolute Gasteiger partial charge is 0.310 e. The molecule has 0 heterocycles. The summed E-state index contributed by atoms with van der Waals surface area (Å²) < 4.78 is 1.44. The molecule has 106 valence electrons. The van der Waals surface area contributed by atoms with Crippen molar-refractivity contribution in [2.75, 3.05) is 5.73 Å². The Morgan fingerprint density at radius 3 is 1.90 bits per heavy atom. The van der Waals surface area contributed by atoms with Gasteiger partial charge in [-0.3, -0.25) is 10.1 Å². The Bertz CT molecular complexity index is 635. The van der Waals surface area contributed by atoms with Gasteiger partial charge in [-0.2, -0.15) is 0 Å². The maximum absolute atomic E-state index is 10.2. The molecule has 0 atom stereocenters. The fourth-order valence-corrected chi connectivity index (χ4v) is 1.87. The topological polar surface area (TPSA) is 110 Å². The first-order chi connectivity index (χ1) is 9.31. The molecule has 0 aliphatic heterocycles. The number of benzene rings is 2. The van der Waals surface area contributed by atoms with Crippen LogP contribution in [0.25, 0.3) is 0 Å². The van der Waals surface area contributed by atoms with Crippen molar-refractivity contribution in [3.05, 3.63) is 55.5 Å². The van der Waals surface area contributed by atoms with Gasteiger partial charge in [0.25, 0.3) is 0 Å². The zero-order valence-electron chi connectivity index (χ0n) is 9.96. The minimum Gasteiger partial charge on any atom is -0.506 e. The summed E-state index contributed by atoms with van der Waals surface area (Å²) in [4.78, 5) is 9.53. The highest BCUT2D eigenvalue weighted by molar-refractivity contribution is 9.10. The molecule has 2 rings (SSSR count). The van der Waals surface area contributed by atoms with Crippen molar-refractivity contribution in [3.63, 3.8) is 0 Å². The summed E-state index contributed by atoms with van der Waals surface area (Å²) in [5, 5.41) is 28.1. The zero-order chi connectivity index (χ0) is 15.3. The van der Waals surface area contributed by atoms with Gasteiger partial charge >= 0.3 is 5.69 Å². The Labute approximate surface area is 131 Å². The second-order valence-electron chi connectivity index (χ2n) is 3.59. The molecule has 6 nitrogen and oxygen atoms in total. The van der Waals surface area contributed by atoms with Crippen LogP contribution in [-0.4, -0.2) is 15.1 Å². The first-order valence-corrected chi connectivity index (χ1v) is 6.76. The minimum absolute atomic E-state index is 0.115. The van der Waals surface area contributed by atoms with Gasteiger partial charge in [0.2, 0.25) is 0 Å². The van der Waals surface area contributed by atoms with E-state index >= 15 is 0 Å². The number of nitrogen functional groups attached to an aromatic ring is 1. The summed E-state index contributed by atoms with van der Waals surface area (Å²) in [6, 6.07) is 8.97. The van der Waals surface area contributed by atoms with Gasteiger partial charge < -0.3 is 15.9 Å². The van der Waals surface area contributed by atoms with Gasteiger partial charge in [0.15, 0.2) is 5.75 Å². The molecule has 0 fully saturated rings. The molecule has 0 aromatic heterocycles. The molecule has 0 amide bonds. The molecule has 0 aliphatic rings. The number of hydrogen-bond donors (Lipinski definition) is 3. The fourth-order valence-electron chi connectivity index (χ4n) is 1.17. The molecule has 0 aliphatic carbocycles. The number of hydrogen-bond acceptors (Lipinski definition) is 5. The van der Waals surface area contributed by atoms with Crippen molar-refractivity contribution in [2.45, 2.75) is 0 Å². The molecule has 0 unspecified atom stereocenters. The predicted molar refractivity (Wildman–Crippen MR) is 82.7 cm³/mol. The van der Waals surface area contributed by atoms with Crippen molar-refractivity contribution in [1.82, 2.24) is 0 Å². The third-order valence-electron chi connectivity index (χ3n) is 2.13. The third-order valence-corrected chi connectivity index (χ3v) is 3.11. The van der Waals surface area contributed by atoms with Gasteiger partial charge in [0.05, 0.1) is 10.6 Å². The van der Waals surface area contributed by atoms with Crippen molar-refractivity contribution < 1.29 is 15.1 Å². The lowest BCUT2D eigenvalue weighted by atomic mass is 10.3. The average molecular weight is 406 g/mol. The van der Waals surface area contributed by atoms with E-state index in [0.29, 0.717) is 10.2 Å². The number of nitrogens with zero attached hydrogens (tertiary/aromatic N) is 1. The van der Waals surface area contributed by atoms with E-state index in [-0.39, 0.29) is 17.2 Å². The van der Waals surface area contributed by atoms with E-state index in [9.17, 15) is 10.1 Å². The first kappa shape index (κ1) is 16.3. The van der Waals surface area contributed by atoms with Crippen LogP contribution >= 0.6 is 31.9 Å². The van der Waals surface area contributed by atoms with Gasteiger partial charge in [-0.15, -0.1) is 0 Å². The van der Waals surface area contributed by atoms with Crippen molar-refractivity contribution in [1.29, 1.82) is 0 Å². The van der Waals surface area contributed by atoms with Crippen LogP contribution in [0.2, 0.25) is 0 Å². The Morgan fingerprint density at radius 2 is 1.50 bits per heavy atom. The summed E-state index contributed by atoms with van der Waals surface area (Å²) >= 11 is 6.24. The number of aromatic hydroxyl groups is 2. The summed E-state index contributed by atoms with van der Waals surface area (Å²) in [5.41, 5.74) is 5.43. The third kappa shape index (κ3) is 4.71. The van der Waals surface area contributed by atoms with E-state index in [4.69, 9.17) is 15.9 Å². The van der Waals surface area contributed by atoms with Crippen molar-refractivity contribution in [2.24, 2.45) is 0 Å². The van der Waals surface area contributed by atoms with Crippen molar-refractivity contribution >= 4 is 43.2 Å². The average Bonchev–Trinajstić information content (AvgIpc) is 2.34. The molecule has 8 heteroatoms. The Morgan fingerprint density at radius 1 is 1.00 bits per heavy atom. The molecule has 0 saturated heterocycles. The standard InChI is InChI=1S/C6H4BrNO3.C6H6BrNO/c7-4-1-2-5(8(10)11)6(9)3-4;7-4-1-2-5(8)6(9)3-4/h1-3,9H;1-3,9H,8H2.